The zero-order chi connectivity index (χ0) is 18.3. The van der Waals surface area contributed by atoms with Gasteiger partial charge in [-0.2, -0.15) is 13.2 Å². The summed E-state index contributed by atoms with van der Waals surface area (Å²) in [5, 5.41) is 14.4. The molecule has 2 atom stereocenters. The van der Waals surface area contributed by atoms with Gasteiger partial charge in [0.1, 0.15) is 0 Å². The number of carbonyl (C=O) groups excluding carboxylic acids is 1. The molecular weight excluding hydrogens is 368 g/mol. The van der Waals surface area contributed by atoms with Crippen LogP contribution >= 0.6 is 23.2 Å². The van der Waals surface area contributed by atoms with E-state index in [4.69, 9.17) is 23.2 Å². The Hall–Kier alpha value is -1.18. The summed E-state index contributed by atoms with van der Waals surface area (Å²) < 4.78 is 38.7. The smallest absolute Gasteiger partial charge is 0.376 e. The molecule has 2 rings (SSSR count). The maximum Gasteiger partial charge on any atom is 0.421 e. The number of urea groups is 1. The number of alkyl halides is 3. The number of benzene rings is 1. The number of aliphatic hydroxyl groups is 1. The van der Waals surface area contributed by atoms with Gasteiger partial charge >= 0.3 is 12.2 Å². The predicted octanol–water partition coefficient (Wildman–Crippen LogP) is 4.68. The van der Waals surface area contributed by atoms with E-state index in [9.17, 15) is 23.1 Å². The Kier molecular flexibility index (Phi) is 5.28. The van der Waals surface area contributed by atoms with Crippen LogP contribution in [0.25, 0.3) is 0 Å². The summed E-state index contributed by atoms with van der Waals surface area (Å²) >= 11 is 11.9. The van der Waals surface area contributed by atoms with E-state index in [-0.39, 0.29) is 21.8 Å². The molecule has 134 valence electrons. The molecule has 1 aliphatic rings. The van der Waals surface area contributed by atoms with Crippen LogP contribution in [0.4, 0.5) is 23.7 Å². The number of nitrogens with one attached hydrogen (secondary N) is 2. The minimum atomic E-state index is -4.90. The van der Waals surface area contributed by atoms with E-state index >= 15 is 0 Å². The average Bonchev–Trinajstić information content (AvgIpc) is 3.25. The van der Waals surface area contributed by atoms with Crippen molar-refractivity contribution in [2.75, 3.05) is 5.32 Å². The molecule has 24 heavy (non-hydrogen) atoms. The molecular formula is C15H17Cl2F3N2O2. The van der Waals surface area contributed by atoms with Gasteiger partial charge in [0.2, 0.25) is 0 Å². The van der Waals surface area contributed by atoms with Crippen molar-refractivity contribution in [2.24, 2.45) is 5.92 Å². The Morgan fingerprint density at radius 3 is 2.21 bits per heavy atom. The first kappa shape index (κ1) is 19.1. The fourth-order valence-corrected chi connectivity index (χ4v) is 2.79. The van der Waals surface area contributed by atoms with Crippen molar-refractivity contribution in [3.63, 3.8) is 0 Å². The molecule has 3 N–H and O–H groups in total. The number of rotatable bonds is 4. The van der Waals surface area contributed by atoms with Crippen molar-refractivity contribution >= 4 is 34.9 Å². The van der Waals surface area contributed by atoms with Gasteiger partial charge < -0.3 is 15.7 Å². The Morgan fingerprint density at radius 1 is 1.29 bits per heavy atom. The summed E-state index contributed by atoms with van der Waals surface area (Å²) in [7, 11) is 0. The third-order valence-electron chi connectivity index (χ3n) is 4.08. The van der Waals surface area contributed by atoms with E-state index in [0.29, 0.717) is 12.8 Å². The molecule has 1 aromatic carbocycles. The van der Waals surface area contributed by atoms with Gasteiger partial charge in [-0.1, -0.05) is 23.2 Å². The summed E-state index contributed by atoms with van der Waals surface area (Å²) in [5.74, 6) is 0.436. The minimum absolute atomic E-state index is 0.0134. The van der Waals surface area contributed by atoms with Crippen LogP contribution < -0.4 is 10.6 Å². The van der Waals surface area contributed by atoms with Gasteiger partial charge in [0.15, 0.2) is 5.60 Å². The lowest BCUT2D eigenvalue weighted by atomic mass is 9.95. The highest BCUT2D eigenvalue weighted by molar-refractivity contribution is 6.39. The Balaban J connectivity index is 2.19. The fourth-order valence-electron chi connectivity index (χ4n) is 2.21. The van der Waals surface area contributed by atoms with Crippen LogP contribution in [0.3, 0.4) is 0 Å². The second-order valence-corrected chi connectivity index (χ2v) is 6.92. The van der Waals surface area contributed by atoms with E-state index in [1.807, 2.05) is 6.92 Å². The molecule has 2 unspecified atom stereocenters. The molecule has 0 bridgehead atoms. The van der Waals surface area contributed by atoms with Crippen molar-refractivity contribution in [2.45, 2.75) is 44.5 Å². The number of halogens is 5. The minimum Gasteiger partial charge on any atom is -0.376 e. The van der Waals surface area contributed by atoms with Crippen LogP contribution in [0.1, 0.15) is 32.3 Å². The Morgan fingerprint density at radius 2 is 1.79 bits per heavy atom. The van der Waals surface area contributed by atoms with Gasteiger partial charge in [-0.05, 0) is 50.3 Å². The first-order valence-electron chi connectivity index (χ1n) is 7.29. The highest BCUT2D eigenvalue weighted by atomic mass is 35.5. The number of hydrogen-bond donors (Lipinski definition) is 3. The first-order valence-corrected chi connectivity index (χ1v) is 8.05. The van der Waals surface area contributed by atoms with Gasteiger partial charge in [0.05, 0.1) is 15.7 Å². The summed E-state index contributed by atoms with van der Waals surface area (Å²) in [5.41, 5.74) is -3.63. The number of hydrogen-bond acceptors (Lipinski definition) is 2. The van der Waals surface area contributed by atoms with Crippen molar-refractivity contribution in [1.29, 1.82) is 0 Å². The molecule has 4 nitrogen and oxygen atoms in total. The zero-order valence-electron chi connectivity index (χ0n) is 13.0. The summed E-state index contributed by atoms with van der Waals surface area (Å²) in [4.78, 5) is 11.9. The quantitative estimate of drug-likeness (QED) is 0.705. The lowest BCUT2D eigenvalue weighted by molar-refractivity contribution is -0.258. The van der Waals surface area contributed by atoms with E-state index < -0.39 is 23.4 Å². The van der Waals surface area contributed by atoms with Crippen molar-refractivity contribution in [3.8, 4) is 0 Å². The molecule has 1 fully saturated rings. The molecule has 1 saturated carbocycles. The summed E-state index contributed by atoms with van der Waals surface area (Å²) in [6.07, 6.45) is -2.81. The first-order chi connectivity index (χ1) is 10.9. The number of amides is 2. The van der Waals surface area contributed by atoms with Crippen LogP contribution in [-0.4, -0.2) is 23.4 Å². The molecule has 0 spiro atoms. The molecule has 0 radical (unpaired) electrons. The maximum atomic E-state index is 12.9. The monoisotopic (exact) mass is 384 g/mol. The van der Waals surface area contributed by atoms with Crippen molar-refractivity contribution < 1.29 is 23.1 Å². The van der Waals surface area contributed by atoms with Gasteiger partial charge in [-0.25, -0.2) is 4.79 Å². The molecule has 0 heterocycles. The van der Waals surface area contributed by atoms with E-state index in [2.05, 4.69) is 10.6 Å². The summed E-state index contributed by atoms with van der Waals surface area (Å²) in [6, 6.07) is 1.29. The molecule has 0 aromatic heterocycles. The summed E-state index contributed by atoms with van der Waals surface area (Å²) in [6.45, 7) is 2.47. The Bertz CT molecular complexity index is 623. The second kappa shape index (κ2) is 6.61. The highest BCUT2D eigenvalue weighted by Crippen LogP contribution is 2.42. The largest absolute Gasteiger partial charge is 0.421 e. The third kappa shape index (κ3) is 4.07. The van der Waals surface area contributed by atoms with Gasteiger partial charge in [-0.15, -0.1) is 0 Å². The van der Waals surface area contributed by atoms with Crippen molar-refractivity contribution in [1.82, 2.24) is 5.32 Å². The van der Waals surface area contributed by atoms with E-state index in [1.54, 1.807) is 0 Å². The molecule has 1 aromatic rings. The molecule has 2 amide bonds. The number of anilines is 1. The zero-order valence-corrected chi connectivity index (χ0v) is 14.5. The van der Waals surface area contributed by atoms with Crippen LogP contribution in [-0.2, 0) is 5.60 Å². The topological polar surface area (TPSA) is 61.4 Å². The molecule has 0 saturated heterocycles. The van der Waals surface area contributed by atoms with Gasteiger partial charge in [0.25, 0.3) is 0 Å². The molecule has 9 heteroatoms. The molecule has 1 aliphatic carbocycles. The van der Waals surface area contributed by atoms with Crippen LogP contribution in [0.15, 0.2) is 12.1 Å². The fraction of sp³-hybridized carbons (Fsp3) is 0.533. The standard InChI is InChI=1S/C15H17Cl2F3N2O2/c1-7(8-3-4-8)21-13(23)22-12-10(16)5-9(6-11(12)17)14(2,24)15(18,19)20/h5-8,24H,3-4H2,1-2H3,(H2,21,22,23). The number of carbonyl (C=O) groups is 1. The average molecular weight is 385 g/mol. The van der Waals surface area contributed by atoms with Gasteiger partial charge in [-0.3, -0.25) is 0 Å². The van der Waals surface area contributed by atoms with Crippen molar-refractivity contribution in [3.05, 3.63) is 27.7 Å². The predicted molar refractivity (Wildman–Crippen MR) is 86.4 cm³/mol. The SMILES string of the molecule is CC(NC(=O)Nc1c(Cl)cc(C(C)(O)C(F)(F)F)cc1Cl)C1CC1. The maximum absolute atomic E-state index is 12.9. The van der Waals surface area contributed by atoms with Crippen LogP contribution in [0, 0.1) is 5.92 Å². The third-order valence-corrected chi connectivity index (χ3v) is 4.68. The normalized spacial score (nSPS) is 18.7. The lowest BCUT2D eigenvalue weighted by Gasteiger charge is -2.27. The van der Waals surface area contributed by atoms with Crippen LogP contribution in [0.5, 0.6) is 0 Å². The van der Waals surface area contributed by atoms with E-state index in [0.717, 1.165) is 25.0 Å². The second-order valence-electron chi connectivity index (χ2n) is 6.11. The molecule has 0 aliphatic heterocycles. The Labute approximate surface area is 147 Å². The highest BCUT2D eigenvalue weighted by Gasteiger charge is 2.51. The van der Waals surface area contributed by atoms with Gasteiger partial charge in [0, 0.05) is 6.04 Å². The lowest BCUT2D eigenvalue weighted by Crippen LogP contribution is -2.39. The van der Waals surface area contributed by atoms with Crippen LogP contribution in [0.2, 0.25) is 10.0 Å². The van der Waals surface area contributed by atoms with E-state index in [1.165, 1.54) is 0 Å².